The first-order chi connectivity index (χ1) is 14.6. The third-order valence-corrected chi connectivity index (χ3v) is 4.69. The molecule has 1 amide bonds. The van der Waals surface area contributed by atoms with Crippen LogP contribution < -0.4 is 10.1 Å². The van der Waals surface area contributed by atoms with Gasteiger partial charge < -0.3 is 14.5 Å². The van der Waals surface area contributed by atoms with Crippen LogP contribution in [0.2, 0.25) is 5.02 Å². The number of rotatable bonds is 5. The van der Waals surface area contributed by atoms with Gasteiger partial charge in [-0.2, -0.15) is 0 Å². The molecule has 0 spiro atoms. The summed E-state index contributed by atoms with van der Waals surface area (Å²) in [5.41, 5.74) is 1.53. The molecule has 1 N–H and O–H groups in total. The monoisotopic (exact) mass is 422 g/mol. The topological polar surface area (TPSA) is 64.4 Å². The Bertz CT molecular complexity index is 1220. The van der Waals surface area contributed by atoms with E-state index in [1.807, 2.05) is 0 Å². The molecule has 4 aromatic rings. The number of halogens is 2. The van der Waals surface area contributed by atoms with E-state index >= 15 is 0 Å². The number of nitrogens with zero attached hydrogens (tertiary/aromatic N) is 1. The van der Waals surface area contributed by atoms with Crippen LogP contribution in [0.3, 0.4) is 0 Å². The fourth-order valence-corrected chi connectivity index (χ4v) is 3.19. The summed E-state index contributed by atoms with van der Waals surface area (Å²) < 4.78 is 25.1. The highest BCUT2D eigenvalue weighted by Gasteiger charge is 2.19. The van der Waals surface area contributed by atoms with E-state index in [4.69, 9.17) is 20.8 Å². The maximum absolute atomic E-state index is 14.1. The highest BCUT2D eigenvalue weighted by molar-refractivity contribution is 6.31. The van der Waals surface area contributed by atoms with E-state index in [1.54, 1.807) is 60.7 Å². The largest absolute Gasteiger partial charge is 0.495 e. The Hall–Kier alpha value is -3.64. The lowest BCUT2D eigenvalue weighted by Gasteiger charge is -2.12. The van der Waals surface area contributed by atoms with Gasteiger partial charge in [-0.25, -0.2) is 9.37 Å². The van der Waals surface area contributed by atoms with Gasteiger partial charge in [0.1, 0.15) is 11.6 Å². The number of hydrogen-bond donors (Lipinski definition) is 1. The van der Waals surface area contributed by atoms with Gasteiger partial charge in [-0.05, 0) is 42.5 Å². The molecule has 4 rings (SSSR count). The molecule has 0 saturated heterocycles. The molecule has 0 fully saturated rings. The van der Waals surface area contributed by atoms with Crippen LogP contribution in [0.25, 0.3) is 22.8 Å². The molecule has 150 valence electrons. The van der Waals surface area contributed by atoms with Gasteiger partial charge in [0.05, 0.1) is 30.1 Å². The Kier molecular flexibility index (Phi) is 5.50. The Morgan fingerprint density at radius 2 is 1.80 bits per heavy atom. The van der Waals surface area contributed by atoms with Crippen LogP contribution in [0.4, 0.5) is 10.1 Å². The summed E-state index contributed by atoms with van der Waals surface area (Å²) in [5, 5.41) is 3.26. The van der Waals surface area contributed by atoms with Gasteiger partial charge in [0.2, 0.25) is 5.89 Å². The minimum Gasteiger partial charge on any atom is -0.495 e. The Morgan fingerprint density at radius 3 is 2.57 bits per heavy atom. The van der Waals surface area contributed by atoms with Crippen molar-refractivity contribution in [2.45, 2.75) is 0 Å². The van der Waals surface area contributed by atoms with Crippen molar-refractivity contribution in [3.8, 4) is 28.5 Å². The summed E-state index contributed by atoms with van der Waals surface area (Å²) in [5.74, 6) is 0.145. The quantitative estimate of drug-likeness (QED) is 0.424. The van der Waals surface area contributed by atoms with Crippen molar-refractivity contribution in [1.29, 1.82) is 0 Å². The number of carbonyl (C=O) groups excluding carboxylic acids is 1. The lowest BCUT2D eigenvalue weighted by Crippen LogP contribution is -2.14. The first-order valence-corrected chi connectivity index (χ1v) is 9.39. The van der Waals surface area contributed by atoms with Crippen molar-refractivity contribution in [3.05, 3.63) is 89.3 Å². The van der Waals surface area contributed by atoms with Gasteiger partial charge in [0.15, 0.2) is 5.76 Å². The Balaban J connectivity index is 1.68. The zero-order chi connectivity index (χ0) is 21.1. The number of methoxy groups -OCH3 is 1. The number of ether oxygens (including phenoxy) is 1. The standard InChI is InChI=1S/C23H16ClFN2O3/c1-29-20-11-10-14(24)12-19(20)27-22(28)15-6-2-3-7-16(15)23-26-13-21(30-23)17-8-4-5-9-18(17)25/h2-13H,1H3,(H,27,28). The van der Waals surface area contributed by atoms with Gasteiger partial charge in [-0.1, -0.05) is 35.9 Å². The highest BCUT2D eigenvalue weighted by atomic mass is 35.5. The SMILES string of the molecule is COc1ccc(Cl)cc1NC(=O)c1ccccc1-c1ncc(-c2ccccc2F)o1. The van der Waals surface area contributed by atoms with Crippen molar-refractivity contribution >= 4 is 23.2 Å². The number of nitrogens with one attached hydrogen (secondary N) is 1. The molecule has 0 unspecified atom stereocenters. The Labute approximate surface area is 177 Å². The molecule has 0 saturated carbocycles. The van der Waals surface area contributed by atoms with Crippen molar-refractivity contribution in [3.63, 3.8) is 0 Å². The summed E-state index contributed by atoms with van der Waals surface area (Å²) in [4.78, 5) is 17.2. The van der Waals surface area contributed by atoms with Crippen LogP contribution in [0.1, 0.15) is 10.4 Å². The maximum atomic E-state index is 14.1. The van der Waals surface area contributed by atoms with Gasteiger partial charge in [0, 0.05) is 10.6 Å². The summed E-state index contributed by atoms with van der Waals surface area (Å²) >= 11 is 6.04. The lowest BCUT2D eigenvalue weighted by atomic mass is 10.1. The molecular weight excluding hydrogens is 407 g/mol. The molecule has 5 nitrogen and oxygen atoms in total. The molecule has 1 heterocycles. The van der Waals surface area contributed by atoms with Crippen molar-refractivity contribution < 1.29 is 18.3 Å². The molecule has 3 aromatic carbocycles. The van der Waals surface area contributed by atoms with Gasteiger partial charge in [-0.3, -0.25) is 4.79 Å². The lowest BCUT2D eigenvalue weighted by molar-refractivity contribution is 0.102. The first kappa shape index (κ1) is 19.7. The molecule has 0 atom stereocenters. The second-order valence-electron chi connectivity index (χ2n) is 6.35. The van der Waals surface area contributed by atoms with Crippen LogP contribution in [-0.2, 0) is 0 Å². The summed E-state index contributed by atoms with van der Waals surface area (Å²) in [6, 6.07) is 18.0. The van der Waals surface area contributed by atoms with E-state index in [2.05, 4.69) is 10.3 Å². The van der Waals surface area contributed by atoms with E-state index in [1.165, 1.54) is 19.4 Å². The third-order valence-electron chi connectivity index (χ3n) is 4.46. The van der Waals surface area contributed by atoms with E-state index < -0.39 is 11.7 Å². The molecule has 0 bridgehead atoms. The smallest absolute Gasteiger partial charge is 0.256 e. The third kappa shape index (κ3) is 3.90. The van der Waals surface area contributed by atoms with Crippen LogP contribution >= 0.6 is 11.6 Å². The van der Waals surface area contributed by atoms with Gasteiger partial charge in [-0.15, -0.1) is 0 Å². The minimum atomic E-state index is -0.417. The van der Waals surface area contributed by atoms with E-state index in [0.29, 0.717) is 33.1 Å². The fraction of sp³-hybridized carbons (Fsp3) is 0.0435. The molecule has 0 aliphatic carbocycles. The normalized spacial score (nSPS) is 10.6. The predicted molar refractivity (Wildman–Crippen MR) is 113 cm³/mol. The van der Waals surface area contributed by atoms with E-state index in [9.17, 15) is 9.18 Å². The van der Waals surface area contributed by atoms with Crippen molar-refractivity contribution in [1.82, 2.24) is 4.98 Å². The Morgan fingerprint density at radius 1 is 1.07 bits per heavy atom. The van der Waals surface area contributed by atoms with Crippen LogP contribution in [0.15, 0.2) is 77.3 Å². The maximum Gasteiger partial charge on any atom is 0.256 e. The number of aromatic nitrogens is 1. The second-order valence-corrected chi connectivity index (χ2v) is 6.79. The molecule has 0 aliphatic heterocycles. The number of anilines is 1. The minimum absolute atomic E-state index is 0.206. The number of benzene rings is 3. The summed E-state index contributed by atoms with van der Waals surface area (Å²) in [6.45, 7) is 0. The fourth-order valence-electron chi connectivity index (χ4n) is 3.02. The average Bonchev–Trinajstić information content (AvgIpc) is 3.24. The number of oxazole rings is 1. The zero-order valence-electron chi connectivity index (χ0n) is 15.9. The number of hydrogen-bond acceptors (Lipinski definition) is 4. The number of amides is 1. The van der Waals surface area contributed by atoms with Crippen LogP contribution in [0.5, 0.6) is 5.75 Å². The van der Waals surface area contributed by atoms with Gasteiger partial charge >= 0.3 is 0 Å². The van der Waals surface area contributed by atoms with E-state index in [0.717, 1.165) is 0 Å². The highest BCUT2D eigenvalue weighted by Crippen LogP contribution is 2.31. The van der Waals surface area contributed by atoms with Crippen molar-refractivity contribution in [2.24, 2.45) is 0 Å². The summed E-state index contributed by atoms with van der Waals surface area (Å²) in [7, 11) is 1.50. The van der Waals surface area contributed by atoms with Crippen molar-refractivity contribution in [2.75, 3.05) is 12.4 Å². The molecule has 0 aliphatic rings. The molecule has 0 radical (unpaired) electrons. The average molecular weight is 423 g/mol. The molecule has 30 heavy (non-hydrogen) atoms. The molecule has 7 heteroatoms. The van der Waals surface area contributed by atoms with E-state index in [-0.39, 0.29) is 11.7 Å². The first-order valence-electron chi connectivity index (χ1n) is 9.02. The number of carbonyl (C=O) groups is 1. The predicted octanol–water partition coefficient (Wildman–Crippen LogP) is 6.06. The van der Waals surface area contributed by atoms with Crippen LogP contribution in [0, 0.1) is 5.82 Å². The molecule has 1 aromatic heterocycles. The molecular formula is C23H16ClFN2O3. The second kappa shape index (κ2) is 8.39. The zero-order valence-corrected chi connectivity index (χ0v) is 16.6. The van der Waals surface area contributed by atoms with Gasteiger partial charge in [0.25, 0.3) is 5.91 Å². The summed E-state index contributed by atoms with van der Waals surface area (Å²) in [6.07, 6.45) is 1.43. The van der Waals surface area contributed by atoms with Crippen LogP contribution in [-0.4, -0.2) is 18.0 Å².